The molecule has 0 radical (unpaired) electrons. The summed E-state index contributed by atoms with van der Waals surface area (Å²) in [5, 5.41) is 16.0. The third-order valence-corrected chi connectivity index (χ3v) is 2.93. The van der Waals surface area contributed by atoms with Gasteiger partial charge in [0.15, 0.2) is 11.6 Å². The Hall–Kier alpha value is -2.89. The van der Waals surface area contributed by atoms with E-state index >= 15 is 0 Å². The highest BCUT2D eigenvalue weighted by molar-refractivity contribution is 5.53. The molecule has 21 heavy (non-hydrogen) atoms. The van der Waals surface area contributed by atoms with Crippen LogP contribution in [-0.2, 0) is 6.61 Å². The summed E-state index contributed by atoms with van der Waals surface area (Å²) in [7, 11) is 0. The van der Waals surface area contributed by atoms with Crippen LogP contribution in [0.4, 0.5) is 4.39 Å². The third-order valence-electron chi connectivity index (χ3n) is 2.93. The van der Waals surface area contributed by atoms with E-state index < -0.39 is 5.82 Å². The summed E-state index contributed by atoms with van der Waals surface area (Å²) in [6.45, 7) is 0.221. The number of nitrogens with one attached hydrogen (secondary N) is 1. The van der Waals surface area contributed by atoms with Crippen molar-refractivity contribution in [2.24, 2.45) is 0 Å². The van der Waals surface area contributed by atoms with Crippen LogP contribution in [-0.4, -0.2) is 20.3 Å². The number of benzene rings is 1. The SMILES string of the molecule is Oc1cc(COc2ccc(-c3ccn[nH]3)nc2)ccc1F. The molecule has 106 valence electrons. The van der Waals surface area contributed by atoms with Crippen LogP contribution in [0.1, 0.15) is 5.56 Å². The maximum atomic E-state index is 12.9. The predicted octanol–water partition coefficient (Wildman–Crippen LogP) is 2.90. The monoisotopic (exact) mass is 285 g/mol. The van der Waals surface area contributed by atoms with E-state index in [0.717, 1.165) is 11.4 Å². The molecule has 1 aromatic carbocycles. The first-order chi connectivity index (χ1) is 10.2. The zero-order valence-electron chi connectivity index (χ0n) is 11.0. The fraction of sp³-hybridized carbons (Fsp3) is 0.0667. The number of phenolic OH excluding ortho intramolecular Hbond substituents is 1. The summed E-state index contributed by atoms with van der Waals surface area (Å²) in [5.41, 5.74) is 2.26. The van der Waals surface area contributed by atoms with E-state index in [9.17, 15) is 9.50 Å². The zero-order chi connectivity index (χ0) is 14.7. The van der Waals surface area contributed by atoms with E-state index in [2.05, 4.69) is 15.2 Å². The van der Waals surface area contributed by atoms with E-state index in [-0.39, 0.29) is 12.4 Å². The van der Waals surface area contributed by atoms with Gasteiger partial charge in [-0.15, -0.1) is 0 Å². The molecule has 0 saturated carbocycles. The Bertz CT molecular complexity index is 727. The predicted molar refractivity (Wildman–Crippen MR) is 74.2 cm³/mol. The van der Waals surface area contributed by atoms with Gasteiger partial charge in [0.25, 0.3) is 0 Å². The topological polar surface area (TPSA) is 71.0 Å². The molecule has 0 aliphatic carbocycles. The molecule has 0 amide bonds. The fourth-order valence-electron chi connectivity index (χ4n) is 1.84. The van der Waals surface area contributed by atoms with Gasteiger partial charge in [-0.25, -0.2) is 4.39 Å². The second kappa shape index (κ2) is 5.62. The van der Waals surface area contributed by atoms with Crippen molar-refractivity contribution in [1.29, 1.82) is 0 Å². The highest BCUT2D eigenvalue weighted by atomic mass is 19.1. The quantitative estimate of drug-likeness (QED) is 0.773. The van der Waals surface area contributed by atoms with E-state index in [1.54, 1.807) is 24.5 Å². The van der Waals surface area contributed by atoms with Crippen LogP contribution < -0.4 is 4.74 Å². The molecule has 2 heterocycles. The van der Waals surface area contributed by atoms with Crippen LogP contribution in [0, 0.1) is 5.82 Å². The van der Waals surface area contributed by atoms with Crippen LogP contribution in [0.5, 0.6) is 11.5 Å². The van der Waals surface area contributed by atoms with Crippen molar-refractivity contribution >= 4 is 0 Å². The fourth-order valence-corrected chi connectivity index (χ4v) is 1.84. The van der Waals surface area contributed by atoms with Gasteiger partial charge in [-0.2, -0.15) is 5.10 Å². The summed E-state index contributed by atoms with van der Waals surface area (Å²) in [6, 6.07) is 9.51. The summed E-state index contributed by atoms with van der Waals surface area (Å²) in [6.07, 6.45) is 3.25. The van der Waals surface area contributed by atoms with E-state index in [1.807, 2.05) is 12.1 Å². The number of aromatic amines is 1. The second-order valence-corrected chi connectivity index (χ2v) is 4.42. The summed E-state index contributed by atoms with van der Waals surface area (Å²) < 4.78 is 18.5. The number of hydrogen-bond donors (Lipinski definition) is 2. The lowest BCUT2D eigenvalue weighted by molar-refractivity contribution is 0.303. The van der Waals surface area contributed by atoms with Gasteiger partial charge in [-0.05, 0) is 35.9 Å². The Kier molecular flexibility index (Phi) is 3.51. The van der Waals surface area contributed by atoms with E-state index in [4.69, 9.17) is 4.74 Å². The van der Waals surface area contributed by atoms with Gasteiger partial charge in [0.2, 0.25) is 0 Å². The maximum Gasteiger partial charge on any atom is 0.164 e. The van der Waals surface area contributed by atoms with Gasteiger partial charge in [-0.1, -0.05) is 6.07 Å². The average molecular weight is 285 g/mol. The normalized spacial score (nSPS) is 10.5. The smallest absolute Gasteiger partial charge is 0.164 e. The molecule has 5 nitrogen and oxygen atoms in total. The van der Waals surface area contributed by atoms with Gasteiger partial charge >= 0.3 is 0 Å². The first-order valence-corrected chi connectivity index (χ1v) is 6.28. The van der Waals surface area contributed by atoms with E-state index in [0.29, 0.717) is 11.3 Å². The van der Waals surface area contributed by atoms with Crippen molar-refractivity contribution in [3.63, 3.8) is 0 Å². The van der Waals surface area contributed by atoms with Gasteiger partial charge in [-0.3, -0.25) is 10.1 Å². The zero-order valence-corrected chi connectivity index (χ0v) is 11.0. The molecule has 0 atom stereocenters. The molecule has 2 aromatic heterocycles. The molecule has 0 saturated heterocycles. The Morgan fingerprint density at radius 2 is 2.10 bits per heavy atom. The minimum Gasteiger partial charge on any atom is -0.505 e. The van der Waals surface area contributed by atoms with Crippen molar-refractivity contribution in [3.05, 3.63) is 60.2 Å². The van der Waals surface area contributed by atoms with Gasteiger partial charge in [0.1, 0.15) is 12.4 Å². The van der Waals surface area contributed by atoms with Gasteiger partial charge < -0.3 is 9.84 Å². The lowest BCUT2D eigenvalue weighted by Gasteiger charge is -2.07. The summed E-state index contributed by atoms with van der Waals surface area (Å²) in [5.74, 6) is -0.449. The summed E-state index contributed by atoms with van der Waals surface area (Å²) in [4.78, 5) is 4.26. The number of aromatic nitrogens is 3. The number of phenols is 1. The molecule has 0 unspecified atom stereocenters. The molecule has 0 fully saturated rings. The number of nitrogens with zero attached hydrogens (tertiary/aromatic N) is 2. The molecule has 3 aromatic rings. The molecule has 0 aliphatic rings. The van der Waals surface area contributed by atoms with Crippen molar-refractivity contribution in [2.45, 2.75) is 6.61 Å². The minimum absolute atomic E-state index is 0.221. The first kappa shape index (κ1) is 13.1. The van der Waals surface area contributed by atoms with Crippen LogP contribution in [0.25, 0.3) is 11.4 Å². The number of H-pyrrole nitrogens is 1. The largest absolute Gasteiger partial charge is 0.505 e. The van der Waals surface area contributed by atoms with Gasteiger partial charge in [0, 0.05) is 6.20 Å². The molecule has 0 spiro atoms. The van der Waals surface area contributed by atoms with Gasteiger partial charge in [0.05, 0.1) is 17.6 Å². The summed E-state index contributed by atoms with van der Waals surface area (Å²) >= 11 is 0. The number of ether oxygens (including phenoxy) is 1. The molecule has 6 heteroatoms. The second-order valence-electron chi connectivity index (χ2n) is 4.42. The number of rotatable bonds is 4. The van der Waals surface area contributed by atoms with E-state index in [1.165, 1.54) is 12.1 Å². The molecule has 3 rings (SSSR count). The number of pyridine rings is 1. The lowest BCUT2D eigenvalue weighted by Crippen LogP contribution is -1.96. The highest BCUT2D eigenvalue weighted by Crippen LogP contribution is 2.20. The standard InChI is InChI=1S/C15H12FN3O2/c16-12-3-1-10(7-15(12)20)9-21-11-2-4-13(17-8-11)14-5-6-18-19-14/h1-8,20H,9H2,(H,18,19). The Labute approximate surface area is 120 Å². The molecular formula is C15H12FN3O2. The number of halogens is 1. The van der Waals surface area contributed by atoms with Crippen molar-refractivity contribution in [1.82, 2.24) is 15.2 Å². The van der Waals surface area contributed by atoms with Crippen LogP contribution in [0.2, 0.25) is 0 Å². The highest BCUT2D eigenvalue weighted by Gasteiger charge is 2.04. The van der Waals surface area contributed by atoms with Crippen molar-refractivity contribution in [3.8, 4) is 22.9 Å². The van der Waals surface area contributed by atoms with Crippen LogP contribution in [0.3, 0.4) is 0 Å². The molecule has 0 bridgehead atoms. The first-order valence-electron chi connectivity index (χ1n) is 6.28. The molecule has 2 N–H and O–H groups in total. The molecule has 0 aliphatic heterocycles. The number of aromatic hydroxyl groups is 1. The van der Waals surface area contributed by atoms with Crippen molar-refractivity contribution in [2.75, 3.05) is 0 Å². The van der Waals surface area contributed by atoms with Crippen molar-refractivity contribution < 1.29 is 14.2 Å². The Morgan fingerprint density at radius 1 is 1.19 bits per heavy atom. The average Bonchev–Trinajstić information content (AvgIpc) is 3.03. The Morgan fingerprint density at radius 3 is 2.76 bits per heavy atom. The van der Waals surface area contributed by atoms with Crippen LogP contribution in [0.15, 0.2) is 48.8 Å². The third kappa shape index (κ3) is 3.00. The van der Waals surface area contributed by atoms with Crippen LogP contribution >= 0.6 is 0 Å². The Balaban J connectivity index is 1.66. The lowest BCUT2D eigenvalue weighted by atomic mass is 10.2. The molecular weight excluding hydrogens is 273 g/mol. The maximum absolute atomic E-state index is 12.9. The minimum atomic E-state index is -0.649. The number of hydrogen-bond acceptors (Lipinski definition) is 4.